The molecule has 0 bridgehead atoms. The minimum absolute atomic E-state index is 0. The summed E-state index contributed by atoms with van der Waals surface area (Å²) in [4.78, 5) is 7.59. The number of hydrogen-bond donors (Lipinski definition) is 1. The van der Waals surface area contributed by atoms with Gasteiger partial charge in [-0.25, -0.2) is 4.98 Å². The highest BCUT2D eigenvalue weighted by atomic mass is 32.1. The first-order chi connectivity index (χ1) is 23.5. The van der Waals surface area contributed by atoms with Gasteiger partial charge in [0.25, 0.3) is 0 Å². The summed E-state index contributed by atoms with van der Waals surface area (Å²) in [5, 5.41) is 7.21. The van der Waals surface area contributed by atoms with Crippen LogP contribution < -0.4 is 0 Å². The van der Waals surface area contributed by atoms with E-state index in [1.165, 1.54) is 42.3 Å². The first-order valence-corrected chi connectivity index (χ1v) is 17.9. The Balaban J connectivity index is 0.000000164. The molecule has 0 aliphatic heterocycles. The smallest absolute Gasteiger partial charge is 0.134 e. The van der Waals surface area contributed by atoms with Crippen molar-refractivity contribution in [3.8, 4) is 0 Å². The molecule has 0 spiro atoms. The lowest BCUT2D eigenvalue weighted by molar-refractivity contribution is 0.578. The van der Waals surface area contributed by atoms with Crippen molar-refractivity contribution in [1.29, 1.82) is 0 Å². The number of nitrogens with zero attached hydrogens (tertiary/aromatic N) is 1. The SMILES string of the molecule is CC.Cc1cc2ccccc2[nH]1.Cc1cc2ccccc2o1.Cc1csc2ccccc12.Cc1nc2ccccc2s1.[HH].c1ccccc1. The second kappa shape index (κ2) is 19.0. The number of H-pyrrole nitrogens is 1. The van der Waals surface area contributed by atoms with Crippen molar-refractivity contribution in [2.75, 3.05) is 0 Å². The van der Waals surface area contributed by atoms with Crippen LogP contribution in [0.3, 0.4) is 0 Å². The third kappa shape index (κ3) is 10.8. The molecule has 3 nitrogen and oxygen atoms in total. The average molecular weight is 671 g/mol. The first kappa shape index (κ1) is 35.9. The van der Waals surface area contributed by atoms with Gasteiger partial charge < -0.3 is 9.40 Å². The Morgan fingerprint density at radius 1 is 0.604 bits per heavy atom. The van der Waals surface area contributed by atoms with Crippen molar-refractivity contribution in [3.63, 3.8) is 0 Å². The summed E-state index contributed by atoms with van der Waals surface area (Å²) in [6.07, 6.45) is 0. The summed E-state index contributed by atoms with van der Waals surface area (Å²) in [5.41, 5.74) is 5.92. The number of aromatic amines is 1. The molecule has 1 N–H and O–H groups in total. The number of hydrogen-bond acceptors (Lipinski definition) is 4. The first-order valence-electron chi connectivity index (χ1n) is 16.2. The lowest BCUT2D eigenvalue weighted by Crippen LogP contribution is -1.65. The van der Waals surface area contributed by atoms with E-state index in [4.69, 9.17) is 4.42 Å². The molecule has 0 atom stereocenters. The van der Waals surface area contributed by atoms with Gasteiger partial charge in [0.1, 0.15) is 11.3 Å². The van der Waals surface area contributed by atoms with Crippen LogP contribution in [0.2, 0.25) is 0 Å². The van der Waals surface area contributed by atoms with Gasteiger partial charge in [-0.1, -0.05) is 117 Å². The van der Waals surface area contributed by atoms with E-state index in [9.17, 15) is 0 Å². The number of fused-ring (bicyclic) bond motifs is 4. The van der Waals surface area contributed by atoms with Gasteiger partial charge in [0.15, 0.2) is 0 Å². The maximum absolute atomic E-state index is 5.37. The molecule has 5 heteroatoms. The van der Waals surface area contributed by atoms with Gasteiger partial charge in [-0.3, -0.25) is 0 Å². The number of thiophene rings is 1. The van der Waals surface area contributed by atoms with Crippen molar-refractivity contribution in [3.05, 3.63) is 173 Å². The molecule has 48 heavy (non-hydrogen) atoms. The normalized spacial score (nSPS) is 9.88. The van der Waals surface area contributed by atoms with Crippen molar-refractivity contribution < 1.29 is 5.84 Å². The third-order valence-electron chi connectivity index (χ3n) is 6.96. The van der Waals surface area contributed by atoms with Gasteiger partial charge in [-0.15, -0.1) is 22.7 Å². The van der Waals surface area contributed by atoms with Gasteiger partial charge in [-0.2, -0.15) is 0 Å². The fourth-order valence-electron chi connectivity index (χ4n) is 4.82. The largest absolute Gasteiger partial charge is 0.461 e. The van der Waals surface area contributed by atoms with Crippen LogP contribution in [0.1, 0.15) is 37.3 Å². The highest BCUT2D eigenvalue weighted by Crippen LogP contribution is 2.24. The van der Waals surface area contributed by atoms with E-state index in [2.05, 4.69) is 83.8 Å². The molecule has 0 saturated heterocycles. The topological polar surface area (TPSA) is 41.8 Å². The molecule has 9 rings (SSSR count). The van der Waals surface area contributed by atoms with E-state index < -0.39 is 0 Å². The maximum Gasteiger partial charge on any atom is 0.134 e. The number of furan rings is 1. The molecule has 0 aliphatic carbocycles. The molecular formula is C43H46N2OS2. The number of thiazole rings is 1. The third-order valence-corrected chi connectivity index (χ3v) is 8.99. The molecular weight excluding hydrogens is 625 g/mol. The van der Waals surface area contributed by atoms with E-state index >= 15 is 0 Å². The van der Waals surface area contributed by atoms with E-state index in [0.717, 1.165) is 21.9 Å². The minimum Gasteiger partial charge on any atom is -0.461 e. The summed E-state index contributed by atoms with van der Waals surface area (Å²) in [6.45, 7) is 12.2. The molecule has 9 aromatic rings. The molecule has 0 fully saturated rings. The van der Waals surface area contributed by atoms with Crippen LogP contribution in [0.4, 0.5) is 0 Å². The Bertz CT molecular complexity index is 1920. The van der Waals surface area contributed by atoms with Crippen molar-refractivity contribution in [2.45, 2.75) is 41.5 Å². The molecule has 0 saturated carbocycles. The lowest BCUT2D eigenvalue weighted by atomic mass is 10.2. The Kier molecular flexibility index (Phi) is 14.2. The zero-order chi connectivity index (χ0) is 34.1. The summed E-state index contributed by atoms with van der Waals surface area (Å²) in [5.74, 6) is 0.973. The Labute approximate surface area is 294 Å². The standard InChI is InChI=1S/C9H9N.C9H8O.C9H8S.C8H7NS.C6H6.C2H6.H2/c2*1-7-6-8-4-2-3-5-9(8)10-7;1-7-6-10-9-5-3-2-4-8(7)9;1-6-9-7-4-2-3-5-8(7)10-6;1-2-4-6-5-3-1;1-2;/h2-6,10H,1H3;2*2-6H,1H3;2-5H,1H3;1-6H;1-2H3;1H. The number of para-hydroxylation sites is 3. The Morgan fingerprint density at radius 2 is 1.19 bits per heavy atom. The quantitative estimate of drug-likeness (QED) is 0.174. The molecule has 246 valence electrons. The molecule has 4 aromatic heterocycles. The second-order valence-corrected chi connectivity index (χ2v) is 12.9. The zero-order valence-corrected chi connectivity index (χ0v) is 30.2. The fourth-order valence-corrected chi connectivity index (χ4v) is 6.59. The molecule has 0 radical (unpaired) electrons. The number of rotatable bonds is 0. The number of aromatic nitrogens is 2. The maximum atomic E-state index is 5.37. The molecule has 5 aromatic carbocycles. The van der Waals surface area contributed by atoms with Crippen LogP contribution in [0.15, 0.2) is 155 Å². The van der Waals surface area contributed by atoms with Crippen LogP contribution in [0.25, 0.3) is 42.2 Å². The van der Waals surface area contributed by atoms with Gasteiger partial charge in [-0.05, 0) is 91.9 Å². The Hall–Kier alpha value is -4.97. The highest BCUT2D eigenvalue weighted by Gasteiger charge is 1.97. The number of benzene rings is 5. The second-order valence-electron chi connectivity index (χ2n) is 10.7. The minimum atomic E-state index is 0. The van der Waals surface area contributed by atoms with Gasteiger partial charge in [0.2, 0.25) is 0 Å². The summed E-state index contributed by atoms with van der Waals surface area (Å²) in [7, 11) is 0. The van der Waals surface area contributed by atoms with E-state index in [1.807, 2.05) is 130 Å². The molecule has 0 aliphatic rings. The van der Waals surface area contributed by atoms with Crippen molar-refractivity contribution >= 4 is 64.8 Å². The monoisotopic (exact) mass is 670 g/mol. The van der Waals surface area contributed by atoms with Gasteiger partial charge in [0.05, 0.1) is 15.2 Å². The zero-order valence-electron chi connectivity index (χ0n) is 28.6. The Morgan fingerprint density at radius 3 is 1.83 bits per heavy atom. The lowest BCUT2D eigenvalue weighted by Gasteiger charge is -1.86. The highest BCUT2D eigenvalue weighted by molar-refractivity contribution is 7.18. The predicted octanol–water partition coefficient (Wildman–Crippen LogP) is 14.0. The van der Waals surface area contributed by atoms with Gasteiger partial charge >= 0.3 is 0 Å². The van der Waals surface area contributed by atoms with E-state index in [-0.39, 0.29) is 1.43 Å². The molecule has 0 unspecified atom stereocenters. The van der Waals surface area contributed by atoms with Crippen LogP contribution in [-0.2, 0) is 0 Å². The molecule has 4 heterocycles. The van der Waals surface area contributed by atoms with Crippen LogP contribution in [-0.4, -0.2) is 9.97 Å². The number of nitrogens with one attached hydrogen (secondary N) is 1. The molecule has 0 amide bonds. The van der Waals surface area contributed by atoms with E-state index in [0.29, 0.717) is 0 Å². The van der Waals surface area contributed by atoms with Crippen molar-refractivity contribution in [2.24, 2.45) is 0 Å². The summed E-state index contributed by atoms with van der Waals surface area (Å²) in [6, 6.07) is 49.2. The van der Waals surface area contributed by atoms with Crippen LogP contribution in [0, 0.1) is 27.7 Å². The fraction of sp³-hybridized carbons (Fsp3) is 0.140. The average Bonchev–Trinajstić information content (AvgIpc) is 3.91. The van der Waals surface area contributed by atoms with E-state index in [1.54, 1.807) is 11.3 Å². The number of aryl methyl sites for hydroxylation is 4. The van der Waals surface area contributed by atoms with Crippen LogP contribution in [0.5, 0.6) is 0 Å². The summed E-state index contributed by atoms with van der Waals surface area (Å²) >= 11 is 3.55. The van der Waals surface area contributed by atoms with Crippen molar-refractivity contribution in [1.82, 2.24) is 9.97 Å². The summed E-state index contributed by atoms with van der Waals surface area (Å²) < 4.78 is 8.03. The van der Waals surface area contributed by atoms with Crippen LogP contribution >= 0.6 is 22.7 Å². The van der Waals surface area contributed by atoms with Gasteiger partial charge in [0, 0.05) is 22.7 Å². The predicted molar refractivity (Wildman–Crippen MR) is 215 cm³/mol.